The molecule has 1 heterocycles. The van der Waals surface area contributed by atoms with Crippen LogP contribution in [0.3, 0.4) is 0 Å². The van der Waals surface area contributed by atoms with Gasteiger partial charge in [-0.2, -0.15) is 5.10 Å². The van der Waals surface area contributed by atoms with E-state index in [2.05, 4.69) is 20.4 Å². The fourth-order valence-electron chi connectivity index (χ4n) is 1.31. The van der Waals surface area contributed by atoms with Gasteiger partial charge in [0, 0.05) is 0 Å². The van der Waals surface area contributed by atoms with Gasteiger partial charge in [-0.25, -0.2) is 4.79 Å². The summed E-state index contributed by atoms with van der Waals surface area (Å²) in [6.45, 7) is 0. The van der Waals surface area contributed by atoms with Crippen molar-refractivity contribution in [2.75, 3.05) is 11.5 Å². The van der Waals surface area contributed by atoms with Crippen molar-refractivity contribution >= 4 is 29.0 Å². The van der Waals surface area contributed by atoms with Crippen LogP contribution in [0.5, 0.6) is 0 Å². The molecule has 92 valence electrons. The van der Waals surface area contributed by atoms with Crippen LogP contribution in [0.1, 0.15) is 10.4 Å². The number of carboxylic acid groups (broad SMARTS) is 1. The van der Waals surface area contributed by atoms with Gasteiger partial charge in [-0.3, -0.25) is 5.10 Å². The number of azo groups is 1. The number of anilines is 2. The summed E-state index contributed by atoms with van der Waals surface area (Å²) in [5, 5.41) is 22.7. The second-order valence-corrected chi connectivity index (χ2v) is 3.39. The van der Waals surface area contributed by atoms with Crippen LogP contribution in [-0.2, 0) is 0 Å². The fraction of sp³-hybridized carbons (Fsp3) is 0. The number of benzene rings is 1. The highest BCUT2D eigenvalue weighted by molar-refractivity contribution is 5.93. The third kappa shape index (κ3) is 2.12. The molecule has 6 N–H and O–H groups in total. The number of aromatic nitrogens is 2. The number of nitrogens with one attached hydrogen (secondary N) is 1. The van der Waals surface area contributed by atoms with Crippen LogP contribution in [0.15, 0.2) is 34.5 Å². The molecule has 0 aliphatic rings. The predicted octanol–water partition coefficient (Wildman–Crippen LogP) is 1.69. The second-order valence-electron chi connectivity index (χ2n) is 3.39. The molecule has 1 aromatic carbocycles. The lowest BCUT2D eigenvalue weighted by Gasteiger charge is -1.98. The molecule has 0 bridgehead atoms. The number of hydrogen-bond donors (Lipinski definition) is 4. The molecule has 0 spiro atoms. The Kier molecular flexibility index (Phi) is 2.92. The maximum Gasteiger partial charge on any atom is 0.337 e. The number of rotatable bonds is 3. The van der Waals surface area contributed by atoms with Crippen molar-refractivity contribution in [2.45, 2.75) is 0 Å². The van der Waals surface area contributed by atoms with Crippen molar-refractivity contribution in [1.82, 2.24) is 10.2 Å². The van der Waals surface area contributed by atoms with Crippen LogP contribution < -0.4 is 11.5 Å². The zero-order chi connectivity index (χ0) is 13.1. The first-order chi connectivity index (χ1) is 8.59. The Morgan fingerprint density at radius 2 is 2.00 bits per heavy atom. The van der Waals surface area contributed by atoms with E-state index >= 15 is 0 Å². The third-order valence-corrected chi connectivity index (χ3v) is 2.19. The molecule has 8 heteroatoms. The highest BCUT2D eigenvalue weighted by Gasteiger charge is 2.10. The van der Waals surface area contributed by atoms with E-state index in [4.69, 9.17) is 16.6 Å². The molecule has 0 saturated carbocycles. The van der Waals surface area contributed by atoms with Gasteiger partial charge in [0.2, 0.25) is 0 Å². The smallest absolute Gasteiger partial charge is 0.337 e. The number of nitrogens with two attached hydrogens (primary N) is 2. The molecular weight excluding hydrogens is 236 g/mol. The first-order valence-electron chi connectivity index (χ1n) is 4.93. The summed E-state index contributed by atoms with van der Waals surface area (Å²) in [7, 11) is 0. The Labute approximate surface area is 101 Å². The highest BCUT2D eigenvalue weighted by atomic mass is 16.4. The van der Waals surface area contributed by atoms with Crippen LogP contribution in [0.25, 0.3) is 0 Å². The van der Waals surface area contributed by atoms with E-state index < -0.39 is 5.97 Å². The highest BCUT2D eigenvalue weighted by Crippen LogP contribution is 2.29. The molecular formula is C10H10N6O2. The molecule has 8 nitrogen and oxygen atoms in total. The summed E-state index contributed by atoms with van der Waals surface area (Å²) in [4.78, 5) is 10.9. The van der Waals surface area contributed by atoms with E-state index in [1.165, 1.54) is 12.1 Å². The van der Waals surface area contributed by atoms with Crippen molar-refractivity contribution in [1.29, 1.82) is 0 Å². The number of carbonyl (C=O) groups is 1. The van der Waals surface area contributed by atoms with Crippen LogP contribution in [0, 0.1) is 0 Å². The van der Waals surface area contributed by atoms with E-state index in [-0.39, 0.29) is 28.6 Å². The van der Waals surface area contributed by atoms with Crippen molar-refractivity contribution in [3.8, 4) is 0 Å². The summed E-state index contributed by atoms with van der Waals surface area (Å²) in [6.07, 6.45) is 0. The molecule has 0 aliphatic heterocycles. The first-order valence-corrected chi connectivity index (χ1v) is 4.93. The lowest BCUT2D eigenvalue weighted by Crippen LogP contribution is -1.95. The Balaban J connectivity index is 2.38. The number of aromatic carboxylic acids is 1. The van der Waals surface area contributed by atoms with Crippen LogP contribution >= 0.6 is 0 Å². The summed E-state index contributed by atoms with van der Waals surface area (Å²) >= 11 is 0. The Hall–Kier alpha value is -2.90. The minimum atomic E-state index is -1.09. The largest absolute Gasteiger partial charge is 0.478 e. The zero-order valence-corrected chi connectivity index (χ0v) is 9.16. The van der Waals surface area contributed by atoms with Gasteiger partial charge in [-0.15, -0.1) is 10.2 Å². The molecule has 0 amide bonds. The molecule has 0 unspecified atom stereocenters. The number of hydrogen-bond acceptors (Lipinski definition) is 6. The lowest BCUT2D eigenvalue weighted by molar-refractivity contribution is 0.0698. The normalized spacial score (nSPS) is 10.9. The van der Waals surface area contributed by atoms with E-state index in [9.17, 15) is 4.79 Å². The maximum atomic E-state index is 10.9. The van der Waals surface area contributed by atoms with Crippen LogP contribution in [0.2, 0.25) is 0 Å². The fourth-order valence-corrected chi connectivity index (χ4v) is 1.31. The quantitative estimate of drug-likeness (QED) is 0.609. The van der Waals surface area contributed by atoms with Gasteiger partial charge in [0.15, 0.2) is 11.5 Å². The predicted molar refractivity (Wildman–Crippen MR) is 65.0 cm³/mol. The van der Waals surface area contributed by atoms with Gasteiger partial charge in [0.25, 0.3) is 0 Å². The molecule has 0 aliphatic carbocycles. The monoisotopic (exact) mass is 246 g/mol. The van der Waals surface area contributed by atoms with Gasteiger partial charge >= 0.3 is 5.97 Å². The van der Waals surface area contributed by atoms with E-state index in [1.54, 1.807) is 12.1 Å². The summed E-state index contributed by atoms with van der Waals surface area (Å²) in [5.41, 5.74) is 11.5. The SMILES string of the molecule is Nc1n[nH]c(N)c1N=Nc1ccccc1C(=O)O. The molecule has 0 atom stereocenters. The van der Waals surface area contributed by atoms with Crippen molar-refractivity contribution in [2.24, 2.45) is 10.2 Å². The summed E-state index contributed by atoms with van der Waals surface area (Å²) < 4.78 is 0. The lowest BCUT2D eigenvalue weighted by atomic mass is 10.2. The maximum absolute atomic E-state index is 10.9. The molecule has 2 rings (SSSR count). The number of carboxylic acids is 1. The van der Waals surface area contributed by atoms with Crippen molar-refractivity contribution in [3.63, 3.8) is 0 Å². The van der Waals surface area contributed by atoms with E-state index in [0.717, 1.165) is 0 Å². The Morgan fingerprint density at radius 1 is 1.28 bits per heavy atom. The second kappa shape index (κ2) is 4.53. The number of H-pyrrole nitrogens is 1. The number of nitrogens with zero attached hydrogens (tertiary/aromatic N) is 3. The Bertz CT molecular complexity index is 599. The number of aromatic amines is 1. The molecule has 0 radical (unpaired) electrons. The van der Waals surface area contributed by atoms with Gasteiger partial charge in [0.1, 0.15) is 11.5 Å². The van der Waals surface area contributed by atoms with Gasteiger partial charge in [-0.1, -0.05) is 12.1 Å². The van der Waals surface area contributed by atoms with E-state index in [1.807, 2.05) is 0 Å². The van der Waals surface area contributed by atoms with E-state index in [0.29, 0.717) is 0 Å². The molecule has 0 fully saturated rings. The average molecular weight is 246 g/mol. The van der Waals surface area contributed by atoms with Crippen molar-refractivity contribution < 1.29 is 9.90 Å². The summed E-state index contributed by atoms with van der Waals surface area (Å²) in [6, 6.07) is 6.21. The van der Waals surface area contributed by atoms with Crippen LogP contribution in [0.4, 0.5) is 23.0 Å². The number of nitrogen functional groups attached to an aromatic ring is 2. The molecule has 0 saturated heterocycles. The zero-order valence-electron chi connectivity index (χ0n) is 9.16. The third-order valence-electron chi connectivity index (χ3n) is 2.19. The van der Waals surface area contributed by atoms with Crippen LogP contribution in [-0.4, -0.2) is 21.3 Å². The van der Waals surface area contributed by atoms with Crippen molar-refractivity contribution in [3.05, 3.63) is 29.8 Å². The van der Waals surface area contributed by atoms with Gasteiger partial charge in [0.05, 0.1) is 5.56 Å². The Morgan fingerprint density at radius 3 is 2.61 bits per heavy atom. The minimum Gasteiger partial charge on any atom is -0.478 e. The van der Waals surface area contributed by atoms with Gasteiger partial charge < -0.3 is 16.6 Å². The molecule has 2 aromatic rings. The first kappa shape index (κ1) is 11.6. The molecule has 18 heavy (non-hydrogen) atoms. The summed E-state index contributed by atoms with van der Waals surface area (Å²) in [5.74, 6) is -0.814. The minimum absolute atomic E-state index is 0.0434. The van der Waals surface area contributed by atoms with Gasteiger partial charge in [-0.05, 0) is 12.1 Å². The average Bonchev–Trinajstić information content (AvgIpc) is 2.67. The molecule has 1 aromatic heterocycles. The standard InChI is InChI=1S/C10H10N6O2/c11-8-7(9(12)16-15-8)14-13-6-4-2-1-3-5(6)10(17)18/h1-4H,(H,17,18)(H5,11,12,15,16). The topological polar surface area (TPSA) is 143 Å².